The van der Waals surface area contributed by atoms with Crippen LogP contribution in [0.1, 0.15) is 22.8 Å². The van der Waals surface area contributed by atoms with Crippen molar-refractivity contribution in [2.75, 3.05) is 18.8 Å². The number of halogens is 4. The lowest BCUT2D eigenvalue weighted by Gasteiger charge is -2.20. The van der Waals surface area contributed by atoms with Gasteiger partial charge < -0.3 is 0 Å². The molecular formula is C18H17F4NO2S2. The molecule has 1 aliphatic heterocycles. The number of rotatable bonds is 3. The molecule has 0 N–H and O–H groups in total. The van der Waals surface area contributed by atoms with Crippen LogP contribution in [0.15, 0.2) is 53.4 Å². The molecule has 2 aromatic carbocycles. The molecule has 1 heterocycles. The van der Waals surface area contributed by atoms with Gasteiger partial charge in [0.2, 0.25) is 10.0 Å². The van der Waals surface area contributed by atoms with Crippen LogP contribution in [0, 0.1) is 5.82 Å². The molecule has 1 unspecified atom stereocenters. The van der Waals surface area contributed by atoms with Crippen LogP contribution in [0.5, 0.6) is 0 Å². The van der Waals surface area contributed by atoms with E-state index in [-0.39, 0.29) is 29.1 Å². The van der Waals surface area contributed by atoms with Crippen LogP contribution in [0.3, 0.4) is 0 Å². The van der Waals surface area contributed by atoms with Gasteiger partial charge in [-0.15, -0.1) is 0 Å². The van der Waals surface area contributed by atoms with Gasteiger partial charge in [0.25, 0.3) is 0 Å². The maximum Gasteiger partial charge on any atom is 0.416 e. The first kappa shape index (κ1) is 20.2. The number of benzene rings is 2. The Morgan fingerprint density at radius 3 is 2.30 bits per heavy atom. The molecule has 3 rings (SSSR count). The van der Waals surface area contributed by atoms with Crippen LogP contribution < -0.4 is 0 Å². The first-order valence-electron chi connectivity index (χ1n) is 8.23. The molecule has 0 radical (unpaired) electrons. The normalized spacial score (nSPS) is 19.6. The molecule has 146 valence electrons. The van der Waals surface area contributed by atoms with Gasteiger partial charge in [-0.05, 0) is 36.8 Å². The zero-order valence-corrected chi connectivity index (χ0v) is 15.7. The van der Waals surface area contributed by atoms with E-state index in [2.05, 4.69) is 0 Å². The third kappa shape index (κ3) is 4.47. The van der Waals surface area contributed by atoms with Crippen molar-refractivity contribution in [2.24, 2.45) is 0 Å². The Morgan fingerprint density at radius 2 is 1.67 bits per heavy atom. The van der Waals surface area contributed by atoms with Crippen molar-refractivity contribution in [3.8, 4) is 0 Å². The average Bonchev–Trinajstić information content (AvgIpc) is 2.88. The second-order valence-electron chi connectivity index (χ2n) is 6.10. The third-order valence-electron chi connectivity index (χ3n) is 4.37. The second-order valence-corrected chi connectivity index (χ2v) is 9.34. The summed E-state index contributed by atoms with van der Waals surface area (Å²) in [5, 5.41) is -0.168. The topological polar surface area (TPSA) is 37.4 Å². The predicted octanol–water partition coefficient (Wildman–Crippen LogP) is 4.71. The largest absolute Gasteiger partial charge is 0.416 e. The van der Waals surface area contributed by atoms with Crippen molar-refractivity contribution < 1.29 is 26.0 Å². The van der Waals surface area contributed by atoms with Gasteiger partial charge in [-0.1, -0.05) is 18.2 Å². The SMILES string of the molecule is O=S(=O)(c1ccc(C(F)(F)F)cc1)N1CCSC(c2ccccc2F)CC1. The summed E-state index contributed by atoms with van der Waals surface area (Å²) in [4.78, 5) is -0.176. The molecule has 2 aromatic rings. The highest BCUT2D eigenvalue weighted by Gasteiger charge is 2.32. The Kier molecular flexibility index (Phi) is 5.83. The number of nitrogens with zero attached hydrogens (tertiary/aromatic N) is 1. The van der Waals surface area contributed by atoms with Crippen molar-refractivity contribution in [1.29, 1.82) is 0 Å². The summed E-state index contributed by atoms with van der Waals surface area (Å²) in [6.45, 7) is 0.397. The maximum absolute atomic E-state index is 14.0. The van der Waals surface area contributed by atoms with E-state index in [4.69, 9.17) is 0 Å². The molecule has 0 bridgehead atoms. The fourth-order valence-corrected chi connectivity index (χ4v) is 5.76. The van der Waals surface area contributed by atoms with E-state index in [9.17, 15) is 26.0 Å². The fraction of sp³-hybridized carbons (Fsp3) is 0.333. The van der Waals surface area contributed by atoms with Crippen LogP contribution in [-0.2, 0) is 16.2 Å². The van der Waals surface area contributed by atoms with Crippen molar-refractivity contribution in [2.45, 2.75) is 22.7 Å². The summed E-state index contributed by atoms with van der Waals surface area (Å²) in [5.41, 5.74) is -0.358. The molecule has 0 saturated carbocycles. The molecule has 0 aromatic heterocycles. The van der Waals surface area contributed by atoms with E-state index in [0.29, 0.717) is 17.7 Å². The van der Waals surface area contributed by atoms with E-state index in [1.165, 1.54) is 22.1 Å². The molecule has 1 fully saturated rings. The Balaban J connectivity index is 1.77. The van der Waals surface area contributed by atoms with Crippen LogP contribution in [0.2, 0.25) is 0 Å². The highest BCUT2D eigenvalue weighted by atomic mass is 32.2. The highest BCUT2D eigenvalue weighted by molar-refractivity contribution is 7.99. The monoisotopic (exact) mass is 419 g/mol. The summed E-state index contributed by atoms with van der Waals surface area (Å²) in [6, 6.07) is 9.88. The Morgan fingerprint density at radius 1 is 1.00 bits per heavy atom. The van der Waals surface area contributed by atoms with Crippen molar-refractivity contribution in [1.82, 2.24) is 4.31 Å². The van der Waals surface area contributed by atoms with E-state index in [0.717, 1.165) is 24.3 Å². The molecule has 9 heteroatoms. The maximum atomic E-state index is 14.0. The van der Waals surface area contributed by atoms with Crippen molar-refractivity contribution in [3.05, 3.63) is 65.5 Å². The number of thioether (sulfide) groups is 1. The van der Waals surface area contributed by atoms with E-state index < -0.39 is 21.8 Å². The lowest BCUT2D eigenvalue weighted by molar-refractivity contribution is -0.137. The number of alkyl halides is 3. The zero-order valence-electron chi connectivity index (χ0n) is 14.1. The van der Waals surface area contributed by atoms with Gasteiger partial charge in [-0.2, -0.15) is 29.2 Å². The minimum Gasteiger partial charge on any atom is -0.207 e. The Bertz CT molecular complexity index is 898. The van der Waals surface area contributed by atoms with E-state index in [1.54, 1.807) is 18.2 Å². The van der Waals surface area contributed by atoms with Gasteiger partial charge in [0.05, 0.1) is 10.5 Å². The summed E-state index contributed by atoms with van der Waals surface area (Å²) in [6.07, 6.45) is -4.10. The molecule has 27 heavy (non-hydrogen) atoms. The molecule has 1 aliphatic rings. The summed E-state index contributed by atoms with van der Waals surface area (Å²) in [7, 11) is -3.90. The van der Waals surface area contributed by atoms with Crippen LogP contribution >= 0.6 is 11.8 Å². The van der Waals surface area contributed by atoms with Gasteiger partial charge in [0.1, 0.15) is 5.82 Å². The van der Waals surface area contributed by atoms with Gasteiger partial charge in [0.15, 0.2) is 0 Å². The van der Waals surface area contributed by atoms with Crippen LogP contribution in [0.4, 0.5) is 17.6 Å². The second kappa shape index (κ2) is 7.81. The quantitative estimate of drug-likeness (QED) is 0.676. The van der Waals surface area contributed by atoms with Crippen LogP contribution in [0.25, 0.3) is 0 Å². The first-order valence-corrected chi connectivity index (χ1v) is 10.7. The minimum atomic E-state index is -4.52. The first-order chi connectivity index (χ1) is 12.7. The summed E-state index contributed by atoms with van der Waals surface area (Å²) < 4.78 is 78.8. The molecule has 0 amide bonds. The van der Waals surface area contributed by atoms with Crippen LogP contribution in [-0.4, -0.2) is 31.6 Å². The fourth-order valence-electron chi connectivity index (χ4n) is 2.94. The lowest BCUT2D eigenvalue weighted by Crippen LogP contribution is -2.33. The molecule has 1 saturated heterocycles. The Labute approximate surface area is 159 Å². The van der Waals surface area contributed by atoms with Gasteiger partial charge in [-0.3, -0.25) is 0 Å². The van der Waals surface area contributed by atoms with Gasteiger partial charge in [0, 0.05) is 29.7 Å². The van der Waals surface area contributed by atoms with Crippen molar-refractivity contribution >= 4 is 21.8 Å². The number of sulfonamides is 1. The third-order valence-corrected chi connectivity index (χ3v) is 7.60. The van der Waals surface area contributed by atoms with Gasteiger partial charge >= 0.3 is 6.18 Å². The van der Waals surface area contributed by atoms with E-state index in [1.807, 2.05) is 0 Å². The molecular weight excluding hydrogens is 402 g/mol. The smallest absolute Gasteiger partial charge is 0.207 e. The lowest BCUT2D eigenvalue weighted by atomic mass is 10.1. The summed E-state index contributed by atoms with van der Waals surface area (Å²) >= 11 is 1.48. The molecule has 1 atom stereocenters. The molecule has 3 nitrogen and oxygen atoms in total. The number of hydrogen-bond acceptors (Lipinski definition) is 3. The summed E-state index contributed by atoms with van der Waals surface area (Å²) in [5.74, 6) is 0.146. The molecule has 0 aliphatic carbocycles. The number of hydrogen-bond donors (Lipinski definition) is 0. The van der Waals surface area contributed by atoms with E-state index >= 15 is 0 Å². The minimum absolute atomic E-state index is 0.168. The Hall–Kier alpha value is -1.58. The van der Waals surface area contributed by atoms with Crippen molar-refractivity contribution in [3.63, 3.8) is 0 Å². The standard InChI is InChI=1S/C18H17F4NO2S2/c19-16-4-2-1-3-15(16)17-9-10-23(11-12-26-17)27(24,25)14-7-5-13(6-8-14)18(20,21)22/h1-8,17H,9-12H2. The predicted molar refractivity (Wildman–Crippen MR) is 96.4 cm³/mol. The average molecular weight is 419 g/mol. The van der Waals surface area contributed by atoms with Gasteiger partial charge in [-0.25, -0.2) is 12.8 Å². The molecule has 0 spiro atoms. The highest BCUT2D eigenvalue weighted by Crippen LogP contribution is 2.37. The zero-order chi connectivity index (χ0) is 19.7.